The van der Waals surface area contributed by atoms with Crippen molar-refractivity contribution in [2.45, 2.75) is 27.2 Å². The number of benzene rings is 1. The maximum atomic E-state index is 12.0. The van der Waals surface area contributed by atoms with Gasteiger partial charge in [0.05, 0.1) is 10.9 Å². The van der Waals surface area contributed by atoms with Crippen molar-refractivity contribution in [3.63, 3.8) is 0 Å². The van der Waals surface area contributed by atoms with E-state index in [2.05, 4.69) is 30.4 Å². The number of hydrogen-bond acceptors (Lipinski definition) is 2. The molecule has 1 atom stereocenters. The third-order valence-corrected chi connectivity index (χ3v) is 3.30. The molecule has 19 heavy (non-hydrogen) atoms. The lowest BCUT2D eigenvalue weighted by Gasteiger charge is -2.18. The Morgan fingerprint density at radius 1 is 1.42 bits per heavy atom. The zero-order chi connectivity index (χ0) is 14.4. The molecule has 1 unspecified atom stereocenters. The number of hydrogen-bond donors (Lipinski definition) is 2. The molecule has 0 aliphatic heterocycles. The van der Waals surface area contributed by atoms with E-state index in [4.69, 9.17) is 18.0 Å². The van der Waals surface area contributed by atoms with Gasteiger partial charge in [-0.05, 0) is 24.8 Å². The zero-order valence-electron chi connectivity index (χ0n) is 11.8. The number of carbonyl (C=O) groups excluding carboxylic acids is 1. The SMILES string of the molecule is Cc1cccc(CCNC(=O)C(C(N)=S)C(C)C)c1. The quantitative estimate of drug-likeness (QED) is 0.784. The normalized spacial score (nSPS) is 12.2. The fourth-order valence-corrected chi connectivity index (χ4v) is 2.45. The summed E-state index contributed by atoms with van der Waals surface area (Å²) in [6.45, 7) is 6.56. The van der Waals surface area contributed by atoms with E-state index in [9.17, 15) is 4.79 Å². The van der Waals surface area contributed by atoms with Crippen molar-refractivity contribution in [1.82, 2.24) is 5.32 Å². The third-order valence-electron chi connectivity index (χ3n) is 3.05. The Hall–Kier alpha value is -1.42. The number of aryl methyl sites for hydroxylation is 1. The summed E-state index contributed by atoms with van der Waals surface area (Å²) >= 11 is 4.95. The van der Waals surface area contributed by atoms with Crippen molar-refractivity contribution in [2.75, 3.05) is 6.54 Å². The summed E-state index contributed by atoms with van der Waals surface area (Å²) in [7, 11) is 0. The highest BCUT2D eigenvalue weighted by Crippen LogP contribution is 2.11. The molecule has 104 valence electrons. The van der Waals surface area contributed by atoms with E-state index in [0.29, 0.717) is 6.54 Å². The van der Waals surface area contributed by atoms with Crippen LogP contribution in [-0.4, -0.2) is 17.4 Å². The Balaban J connectivity index is 2.48. The molecule has 0 spiro atoms. The van der Waals surface area contributed by atoms with Crippen LogP contribution in [0.15, 0.2) is 24.3 Å². The van der Waals surface area contributed by atoms with Crippen molar-refractivity contribution in [2.24, 2.45) is 17.6 Å². The van der Waals surface area contributed by atoms with Crippen LogP contribution >= 0.6 is 12.2 Å². The molecule has 4 heteroatoms. The maximum Gasteiger partial charge on any atom is 0.230 e. The summed E-state index contributed by atoms with van der Waals surface area (Å²) in [4.78, 5) is 12.3. The van der Waals surface area contributed by atoms with E-state index in [1.807, 2.05) is 19.9 Å². The first kappa shape index (κ1) is 15.6. The van der Waals surface area contributed by atoms with Gasteiger partial charge in [-0.3, -0.25) is 4.79 Å². The minimum atomic E-state index is -0.382. The number of rotatable bonds is 6. The second kappa shape index (κ2) is 7.24. The first-order valence-electron chi connectivity index (χ1n) is 6.54. The lowest BCUT2D eigenvalue weighted by Crippen LogP contribution is -2.41. The highest BCUT2D eigenvalue weighted by molar-refractivity contribution is 7.80. The molecule has 1 rings (SSSR count). The van der Waals surface area contributed by atoms with Crippen molar-refractivity contribution in [3.05, 3.63) is 35.4 Å². The summed E-state index contributed by atoms with van der Waals surface area (Å²) in [5, 5.41) is 2.91. The monoisotopic (exact) mass is 278 g/mol. The topological polar surface area (TPSA) is 55.1 Å². The maximum absolute atomic E-state index is 12.0. The predicted octanol–water partition coefficient (Wildman–Crippen LogP) is 2.21. The van der Waals surface area contributed by atoms with Gasteiger partial charge in [-0.15, -0.1) is 0 Å². The first-order valence-corrected chi connectivity index (χ1v) is 6.95. The van der Waals surface area contributed by atoms with Crippen LogP contribution in [0.25, 0.3) is 0 Å². The van der Waals surface area contributed by atoms with Crippen molar-refractivity contribution in [1.29, 1.82) is 0 Å². The van der Waals surface area contributed by atoms with E-state index in [0.717, 1.165) is 6.42 Å². The first-order chi connectivity index (χ1) is 8.91. The van der Waals surface area contributed by atoms with Crippen LogP contribution in [0.5, 0.6) is 0 Å². The Kier molecular flexibility index (Phi) is 5.96. The summed E-state index contributed by atoms with van der Waals surface area (Å²) < 4.78 is 0. The van der Waals surface area contributed by atoms with Gasteiger partial charge in [0.1, 0.15) is 0 Å². The van der Waals surface area contributed by atoms with Gasteiger partial charge in [-0.1, -0.05) is 55.9 Å². The van der Waals surface area contributed by atoms with E-state index in [1.54, 1.807) is 0 Å². The molecule has 0 aliphatic carbocycles. The number of nitrogens with one attached hydrogen (secondary N) is 1. The molecule has 0 fully saturated rings. The van der Waals surface area contributed by atoms with Crippen LogP contribution in [0.1, 0.15) is 25.0 Å². The molecule has 1 aromatic rings. The lowest BCUT2D eigenvalue weighted by atomic mass is 9.95. The highest BCUT2D eigenvalue weighted by Gasteiger charge is 2.24. The Labute approximate surface area is 120 Å². The molecule has 0 saturated heterocycles. The molecule has 0 bridgehead atoms. The van der Waals surface area contributed by atoms with Crippen molar-refractivity contribution < 1.29 is 4.79 Å². The summed E-state index contributed by atoms with van der Waals surface area (Å²) in [5.74, 6) is -0.334. The van der Waals surface area contributed by atoms with Gasteiger partial charge in [0.15, 0.2) is 0 Å². The van der Waals surface area contributed by atoms with E-state index in [1.165, 1.54) is 11.1 Å². The van der Waals surface area contributed by atoms with E-state index < -0.39 is 0 Å². The zero-order valence-corrected chi connectivity index (χ0v) is 12.6. The average molecular weight is 278 g/mol. The van der Waals surface area contributed by atoms with E-state index >= 15 is 0 Å². The Morgan fingerprint density at radius 2 is 2.11 bits per heavy atom. The van der Waals surface area contributed by atoms with Gasteiger partial charge < -0.3 is 11.1 Å². The van der Waals surface area contributed by atoms with Crippen molar-refractivity contribution >= 4 is 23.1 Å². The second-order valence-electron chi connectivity index (χ2n) is 5.15. The summed E-state index contributed by atoms with van der Waals surface area (Å²) in [6.07, 6.45) is 0.815. The molecular formula is C15H22N2OS. The third kappa shape index (κ3) is 4.99. The second-order valence-corrected chi connectivity index (χ2v) is 5.63. The molecular weight excluding hydrogens is 256 g/mol. The van der Waals surface area contributed by atoms with Gasteiger partial charge >= 0.3 is 0 Å². The summed E-state index contributed by atoms with van der Waals surface area (Å²) in [5.41, 5.74) is 8.06. The molecule has 1 amide bonds. The van der Waals surface area contributed by atoms with Gasteiger partial charge in [-0.25, -0.2) is 0 Å². The largest absolute Gasteiger partial charge is 0.393 e. The fraction of sp³-hybridized carbons (Fsp3) is 0.467. The van der Waals surface area contributed by atoms with Gasteiger partial charge in [-0.2, -0.15) is 0 Å². The molecule has 0 aliphatic rings. The lowest BCUT2D eigenvalue weighted by molar-refractivity contribution is -0.123. The van der Waals surface area contributed by atoms with Crippen LogP contribution in [0.4, 0.5) is 0 Å². The number of nitrogens with two attached hydrogens (primary N) is 1. The van der Waals surface area contributed by atoms with Crippen LogP contribution in [0.3, 0.4) is 0 Å². The molecule has 0 heterocycles. The Bertz CT molecular complexity index is 457. The highest BCUT2D eigenvalue weighted by atomic mass is 32.1. The smallest absolute Gasteiger partial charge is 0.230 e. The number of thiocarbonyl (C=S) groups is 1. The molecule has 3 nitrogen and oxygen atoms in total. The predicted molar refractivity (Wildman–Crippen MR) is 83.0 cm³/mol. The van der Waals surface area contributed by atoms with Crippen LogP contribution < -0.4 is 11.1 Å². The van der Waals surface area contributed by atoms with Crippen molar-refractivity contribution in [3.8, 4) is 0 Å². The van der Waals surface area contributed by atoms with Gasteiger partial charge in [0.25, 0.3) is 0 Å². The van der Waals surface area contributed by atoms with Crippen LogP contribution in [-0.2, 0) is 11.2 Å². The minimum Gasteiger partial charge on any atom is -0.393 e. The number of amides is 1. The Morgan fingerprint density at radius 3 is 2.63 bits per heavy atom. The van der Waals surface area contributed by atoms with Crippen LogP contribution in [0, 0.1) is 18.8 Å². The minimum absolute atomic E-state index is 0.0739. The summed E-state index contributed by atoms with van der Waals surface area (Å²) in [6, 6.07) is 8.27. The molecule has 3 N–H and O–H groups in total. The molecule has 1 aromatic carbocycles. The number of carbonyl (C=O) groups is 1. The standard InChI is InChI=1S/C15H22N2OS/c1-10(2)13(14(16)19)15(18)17-8-7-12-6-4-5-11(3)9-12/h4-6,9-10,13H,7-8H2,1-3H3,(H2,16,19)(H,17,18). The molecule has 0 aromatic heterocycles. The van der Waals surface area contributed by atoms with E-state index in [-0.39, 0.29) is 22.7 Å². The average Bonchev–Trinajstić information content (AvgIpc) is 2.27. The van der Waals surface area contributed by atoms with Crippen LogP contribution in [0.2, 0.25) is 0 Å². The van der Waals surface area contributed by atoms with Gasteiger partial charge in [0, 0.05) is 6.54 Å². The van der Waals surface area contributed by atoms with Gasteiger partial charge in [0.2, 0.25) is 5.91 Å². The molecule has 0 radical (unpaired) electrons. The fourth-order valence-electron chi connectivity index (χ4n) is 2.07. The molecule has 0 saturated carbocycles.